The molecular formula is C16H24N2O3S. The highest BCUT2D eigenvalue weighted by molar-refractivity contribution is 7.89. The molecule has 1 aliphatic heterocycles. The maximum Gasteiger partial charge on any atom is 0.243 e. The fourth-order valence-corrected chi connectivity index (χ4v) is 4.23. The van der Waals surface area contributed by atoms with E-state index >= 15 is 0 Å². The number of amides is 1. The number of carbonyl (C=O) groups is 1. The zero-order chi connectivity index (χ0) is 16.3. The SMILES string of the molecule is CCC(C)NC(=O)C1CCCN1S(=O)(=O)c1ccc(C)cc1. The van der Waals surface area contributed by atoms with Gasteiger partial charge in [-0.05, 0) is 45.2 Å². The molecule has 0 spiro atoms. The van der Waals surface area contributed by atoms with Crippen LogP contribution < -0.4 is 5.32 Å². The minimum atomic E-state index is -3.62. The Kier molecular flexibility index (Phi) is 5.24. The Balaban J connectivity index is 2.22. The molecule has 0 aliphatic carbocycles. The Morgan fingerprint density at radius 3 is 2.59 bits per heavy atom. The van der Waals surface area contributed by atoms with Gasteiger partial charge >= 0.3 is 0 Å². The molecule has 1 aliphatic rings. The maximum atomic E-state index is 12.8. The largest absolute Gasteiger partial charge is 0.352 e. The van der Waals surface area contributed by atoms with E-state index in [-0.39, 0.29) is 16.8 Å². The predicted molar refractivity (Wildman–Crippen MR) is 86.0 cm³/mol. The van der Waals surface area contributed by atoms with Crippen LogP contribution in [0.15, 0.2) is 29.2 Å². The van der Waals surface area contributed by atoms with Crippen molar-refractivity contribution in [1.82, 2.24) is 9.62 Å². The van der Waals surface area contributed by atoms with Gasteiger partial charge in [-0.2, -0.15) is 4.31 Å². The van der Waals surface area contributed by atoms with E-state index in [1.54, 1.807) is 24.3 Å². The first kappa shape index (κ1) is 17.0. The Morgan fingerprint density at radius 2 is 2.00 bits per heavy atom. The van der Waals surface area contributed by atoms with Crippen LogP contribution in [0.1, 0.15) is 38.7 Å². The second kappa shape index (κ2) is 6.79. The molecule has 1 amide bonds. The summed E-state index contributed by atoms with van der Waals surface area (Å²) in [6, 6.07) is 6.21. The topological polar surface area (TPSA) is 66.5 Å². The van der Waals surface area contributed by atoms with Crippen molar-refractivity contribution >= 4 is 15.9 Å². The molecule has 0 bridgehead atoms. The van der Waals surface area contributed by atoms with Gasteiger partial charge in [0.15, 0.2) is 0 Å². The number of carbonyl (C=O) groups excluding carboxylic acids is 1. The van der Waals surface area contributed by atoms with Gasteiger partial charge in [-0.1, -0.05) is 24.6 Å². The second-order valence-electron chi connectivity index (χ2n) is 5.90. The van der Waals surface area contributed by atoms with Crippen LogP contribution in [0.25, 0.3) is 0 Å². The van der Waals surface area contributed by atoms with Crippen molar-refractivity contribution in [1.29, 1.82) is 0 Å². The fraction of sp³-hybridized carbons (Fsp3) is 0.562. The number of hydrogen-bond acceptors (Lipinski definition) is 3. The van der Waals surface area contributed by atoms with Gasteiger partial charge in [0.2, 0.25) is 15.9 Å². The van der Waals surface area contributed by atoms with Crippen LogP contribution in [-0.2, 0) is 14.8 Å². The zero-order valence-electron chi connectivity index (χ0n) is 13.4. The van der Waals surface area contributed by atoms with Crippen LogP contribution in [0.3, 0.4) is 0 Å². The number of sulfonamides is 1. The van der Waals surface area contributed by atoms with Gasteiger partial charge in [0.05, 0.1) is 4.90 Å². The third-order valence-corrected chi connectivity index (χ3v) is 6.06. The molecule has 0 aromatic heterocycles. The molecule has 1 aromatic carbocycles. The van der Waals surface area contributed by atoms with Crippen LogP contribution >= 0.6 is 0 Å². The molecule has 1 N–H and O–H groups in total. The van der Waals surface area contributed by atoms with Crippen LogP contribution in [0.5, 0.6) is 0 Å². The molecule has 5 nitrogen and oxygen atoms in total. The van der Waals surface area contributed by atoms with Gasteiger partial charge in [-0.25, -0.2) is 8.42 Å². The summed E-state index contributed by atoms with van der Waals surface area (Å²) in [7, 11) is -3.62. The minimum Gasteiger partial charge on any atom is -0.352 e. The molecule has 1 fully saturated rings. The standard InChI is InChI=1S/C16H24N2O3S/c1-4-13(3)17-16(19)15-6-5-11-18(15)22(20,21)14-9-7-12(2)8-10-14/h7-10,13,15H,4-6,11H2,1-3H3,(H,17,19). The van der Waals surface area contributed by atoms with Gasteiger partial charge in [0.1, 0.15) is 6.04 Å². The lowest BCUT2D eigenvalue weighted by molar-refractivity contribution is -0.124. The Labute approximate surface area is 132 Å². The number of nitrogens with one attached hydrogen (secondary N) is 1. The van der Waals surface area contributed by atoms with Crippen molar-refractivity contribution in [3.05, 3.63) is 29.8 Å². The molecule has 0 saturated carbocycles. The lowest BCUT2D eigenvalue weighted by atomic mass is 10.2. The molecule has 1 aromatic rings. The van der Waals surface area contributed by atoms with Crippen molar-refractivity contribution < 1.29 is 13.2 Å². The van der Waals surface area contributed by atoms with Crippen LogP contribution in [-0.4, -0.2) is 37.3 Å². The van der Waals surface area contributed by atoms with Crippen molar-refractivity contribution in [2.75, 3.05) is 6.54 Å². The second-order valence-corrected chi connectivity index (χ2v) is 7.80. The number of hydrogen-bond donors (Lipinski definition) is 1. The molecule has 1 saturated heterocycles. The maximum absolute atomic E-state index is 12.8. The Bertz CT molecular complexity index is 625. The highest BCUT2D eigenvalue weighted by Gasteiger charge is 2.39. The number of aryl methyl sites for hydroxylation is 1. The minimum absolute atomic E-state index is 0.0528. The van der Waals surface area contributed by atoms with Gasteiger partial charge in [-0.3, -0.25) is 4.79 Å². The summed E-state index contributed by atoms with van der Waals surface area (Å²) in [5.41, 5.74) is 1.01. The van der Waals surface area contributed by atoms with Crippen LogP contribution in [0.4, 0.5) is 0 Å². The van der Waals surface area contributed by atoms with Crippen molar-refractivity contribution in [3.8, 4) is 0 Å². The van der Waals surface area contributed by atoms with E-state index in [9.17, 15) is 13.2 Å². The van der Waals surface area contributed by atoms with E-state index in [0.717, 1.165) is 12.0 Å². The third kappa shape index (κ3) is 3.50. The van der Waals surface area contributed by atoms with Gasteiger partial charge in [-0.15, -0.1) is 0 Å². The Hall–Kier alpha value is -1.40. The first-order valence-corrected chi connectivity index (χ1v) is 9.19. The average Bonchev–Trinajstić information content (AvgIpc) is 2.97. The summed E-state index contributed by atoms with van der Waals surface area (Å²) in [6.07, 6.45) is 2.11. The lowest BCUT2D eigenvalue weighted by Gasteiger charge is -2.24. The highest BCUT2D eigenvalue weighted by atomic mass is 32.2. The van der Waals surface area contributed by atoms with Crippen LogP contribution in [0, 0.1) is 6.92 Å². The normalized spacial score (nSPS) is 20.8. The quantitative estimate of drug-likeness (QED) is 0.901. The summed E-state index contributed by atoms with van der Waals surface area (Å²) in [4.78, 5) is 12.6. The van der Waals surface area contributed by atoms with Crippen molar-refractivity contribution in [2.45, 2.75) is 57.0 Å². The Morgan fingerprint density at radius 1 is 1.36 bits per heavy atom. The van der Waals surface area contributed by atoms with E-state index in [1.165, 1.54) is 4.31 Å². The summed E-state index contributed by atoms with van der Waals surface area (Å²) in [5, 5.41) is 2.89. The van der Waals surface area contributed by atoms with E-state index in [1.807, 2.05) is 20.8 Å². The fourth-order valence-electron chi connectivity index (χ4n) is 2.58. The smallest absolute Gasteiger partial charge is 0.243 e. The first-order chi connectivity index (χ1) is 10.4. The van der Waals surface area contributed by atoms with Crippen molar-refractivity contribution in [2.24, 2.45) is 0 Å². The number of nitrogens with zero attached hydrogens (tertiary/aromatic N) is 1. The van der Waals surface area contributed by atoms with E-state index in [0.29, 0.717) is 19.4 Å². The predicted octanol–water partition coefficient (Wildman–Crippen LogP) is 2.06. The number of rotatable bonds is 5. The molecule has 22 heavy (non-hydrogen) atoms. The molecular weight excluding hydrogens is 300 g/mol. The highest BCUT2D eigenvalue weighted by Crippen LogP contribution is 2.26. The molecule has 2 unspecified atom stereocenters. The molecule has 122 valence electrons. The summed E-state index contributed by atoms with van der Waals surface area (Å²) < 4.78 is 26.9. The van der Waals surface area contributed by atoms with E-state index in [2.05, 4.69) is 5.32 Å². The third-order valence-electron chi connectivity index (χ3n) is 4.13. The number of benzene rings is 1. The molecule has 6 heteroatoms. The molecule has 0 radical (unpaired) electrons. The van der Waals surface area contributed by atoms with E-state index in [4.69, 9.17) is 0 Å². The van der Waals surface area contributed by atoms with Gasteiger partial charge < -0.3 is 5.32 Å². The summed E-state index contributed by atoms with van der Waals surface area (Å²) >= 11 is 0. The molecule has 1 heterocycles. The van der Waals surface area contributed by atoms with Gasteiger partial charge in [0, 0.05) is 12.6 Å². The average molecular weight is 324 g/mol. The summed E-state index contributed by atoms with van der Waals surface area (Å²) in [6.45, 7) is 6.22. The van der Waals surface area contributed by atoms with Crippen LogP contribution in [0.2, 0.25) is 0 Å². The van der Waals surface area contributed by atoms with Gasteiger partial charge in [0.25, 0.3) is 0 Å². The zero-order valence-corrected chi connectivity index (χ0v) is 14.2. The first-order valence-electron chi connectivity index (χ1n) is 7.75. The molecule has 2 atom stereocenters. The van der Waals surface area contributed by atoms with Crippen molar-refractivity contribution in [3.63, 3.8) is 0 Å². The monoisotopic (exact) mass is 324 g/mol. The molecule has 2 rings (SSSR count). The van der Waals surface area contributed by atoms with E-state index < -0.39 is 16.1 Å². The summed E-state index contributed by atoms with van der Waals surface area (Å²) in [5.74, 6) is -0.192. The lowest BCUT2D eigenvalue weighted by Crippen LogP contribution is -2.48.